The molecule has 0 bridgehead atoms. The molecule has 17 heavy (non-hydrogen) atoms. The second kappa shape index (κ2) is 12.0. The predicted octanol–water partition coefficient (Wildman–Crippen LogP) is -1.26. The average Bonchev–Trinajstić information content (AvgIpc) is 2.75. The van der Waals surface area contributed by atoms with Gasteiger partial charge in [0.1, 0.15) is 0 Å². The van der Waals surface area contributed by atoms with E-state index in [0.717, 1.165) is 12.8 Å². The van der Waals surface area contributed by atoms with Crippen LogP contribution in [0, 0.1) is 5.38 Å². The van der Waals surface area contributed by atoms with Crippen molar-refractivity contribution < 1.29 is 55.7 Å². The van der Waals surface area contributed by atoms with Crippen LogP contribution in [0.15, 0.2) is 30.3 Å². The molecule has 1 saturated carbocycles. The molecule has 1 aliphatic rings. The summed E-state index contributed by atoms with van der Waals surface area (Å²) in [7, 11) is 0. The molecule has 7 heteroatoms. The molecule has 0 saturated heterocycles. The Morgan fingerprint density at radius 3 is 1.76 bits per heavy atom. The summed E-state index contributed by atoms with van der Waals surface area (Å²) in [4.78, 5) is 0. The van der Waals surface area contributed by atoms with E-state index in [2.05, 4.69) is 0 Å². The van der Waals surface area contributed by atoms with Gasteiger partial charge in [-0.15, -0.1) is 34.8 Å². The van der Waals surface area contributed by atoms with E-state index < -0.39 is 4.33 Å². The minimum Gasteiger partial charge on any atom is -1.00 e. The Bertz CT molecular complexity index is 228. The largest absolute Gasteiger partial charge is 4.00 e. The van der Waals surface area contributed by atoms with Crippen molar-refractivity contribution in [1.82, 2.24) is 0 Å². The van der Waals surface area contributed by atoms with Gasteiger partial charge in [-0.3, -0.25) is 0 Å². The summed E-state index contributed by atoms with van der Waals surface area (Å²) >= 11 is 22.9. The van der Waals surface area contributed by atoms with E-state index in [1.165, 1.54) is 0 Å². The molecular weight excluding hydrogens is 470 g/mol. The van der Waals surface area contributed by atoms with Crippen LogP contribution in [-0.4, -0.2) is 9.71 Å². The number of hydrogen-bond acceptors (Lipinski definition) is 0. The maximum Gasteiger partial charge on any atom is 4.00 e. The van der Waals surface area contributed by atoms with Crippen LogP contribution >= 0.6 is 46.4 Å². The van der Waals surface area contributed by atoms with Gasteiger partial charge in [0, 0.05) is 9.71 Å². The zero-order chi connectivity index (χ0) is 10.6. The fraction of sp³-hybridized carbons (Fsp3) is 0.400. The second-order valence-corrected chi connectivity index (χ2v) is 5.37. The Hall–Kier alpha value is 2.18. The molecule has 1 unspecified atom stereocenters. The van der Waals surface area contributed by atoms with Gasteiger partial charge in [-0.2, -0.15) is 30.0 Å². The fourth-order valence-corrected chi connectivity index (χ4v) is 2.04. The first-order valence-corrected chi connectivity index (χ1v) is 5.82. The van der Waals surface area contributed by atoms with Gasteiger partial charge < -0.3 is 45.6 Å². The summed E-state index contributed by atoms with van der Waals surface area (Å²) in [6.07, 6.45) is 1.50. The summed E-state index contributed by atoms with van der Waals surface area (Å²) in [5, 5.41) is 0.333. The molecule has 1 aromatic rings. The number of hydrogen-bond donors (Lipinski definition) is 0. The van der Waals surface area contributed by atoms with Crippen molar-refractivity contribution in [3.8, 4) is 0 Å². The standard InChI is InChI=1S/C5H5Cl4.C5H5.2BrH.Ti/c6-3-1-2-4(7)5(3,8)9;1-2-4-5-3-1;;;/h3H,1-2H2;1-5H;2*1H;/q2*-1;;;+4/p-2. The number of rotatable bonds is 0. The van der Waals surface area contributed by atoms with Gasteiger partial charge in [-0.05, 0) is 0 Å². The zero-order valence-electron chi connectivity index (χ0n) is 8.65. The van der Waals surface area contributed by atoms with Crippen molar-refractivity contribution in [3.63, 3.8) is 0 Å². The first-order valence-electron chi connectivity index (χ1n) is 4.25. The van der Waals surface area contributed by atoms with Crippen molar-refractivity contribution in [3.05, 3.63) is 35.7 Å². The summed E-state index contributed by atoms with van der Waals surface area (Å²) < 4.78 is -0.997. The topological polar surface area (TPSA) is 0 Å². The van der Waals surface area contributed by atoms with E-state index in [4.69, 9.17) is 46.4 Å². The van der Waals surface area contributed by atoms with E-state index in [1.807, 2.05) is 30.3 Å². The van der Waals surface area contributed by atoms with Crippen molar-refractivity contribution in [2.75, 3.05) is 0 Å². The summed E-state index contributed by atoms with van der Waals surface area (Å²) in [6, 6.07) is 10.0. The fourth-order valence-electron chi connectivity index (χ4n) is 1.09. The van der Waals surface area contributed by atoms with Crippen molar-refractivity contribution in [2.45, 2.75) is 22.6 Å². The van der Waals surface area contributed by atoms with E-state index in [1.54, 1.807) is 0 Å². The van der Waals surface area contributed by atoms with Crippen molar-refractivity contribution in [1.29, 1.82) is 0 Å². The Kier molecular flexibility index (Phi) is 17.0. The molecule has 0 amide bonds. The van der Waals surface area contributed by atoms with E-state index in [0.29, 0.717) is 5.38 Å². The van der Waals surface area contributed by atoms with Gasteiger partial charge in [0.2, 0.25) is 0 Å². The van der Waals surface area contributed by atoms with Crippen LogP contribution < -0.4 is 34.0 Å². The molecule has 0 aromatic heterocycles. The summed E-state index contributed by atoms with van der Waals surface area (Å²) in [6.45, 7) is 0. The Labute approximate surface area is 158 Å². The Morgan fingerprint density at radius 1 is 1.18 bits per heavy atom. The molecule has 1 fully saturated rings. The molecule has 0 aliphatic heterocycles. The quantitative estimate of drug-likeness (QED) is 0.248. The van der Waals surface area contributed by atoms with Crippen LogP contribution in [0.1, 0.15) is 12.8 Å². The van der Waals surface area contributed by atoms with Crippen LogP contribution in [0.4, 0.5) is 0 Å². The molecule has 1 atom stereocenters. The molecule has 0 N–H and O–H groups in total. The van der Waals surface area contributed by atoms with Gasteiger partial charge in [0.05, 0.1) is 0 Å². The third kappa shape index (κ3) is 8.14. The summed E-state index contributed by atoms with van der Waals surface area (Å²) in [5.74, 6) is 0. The predicted molar refractivity (Wildman–Crippen MR) is 64.4 cm³/mol. The van der Waals surface area contributed by atoms with Crippen LogP contribution in [0.3, 0.4) is 0 Å². The van der Waals surface area contributed by atoms with E-state index >= 15 is 0 Å². The third-order valence-electron chi connectivity index (χ3n) is 1.93. The SMILES string of the molecule is Cl[C-]1CCC(Cl)C1(Cl)Cl.[Br-].[Br-].[Ti+4].c1cc[cH-]c1. The normalized spacial score (nSPS) is 21.1. The van der Waals surface area contributed by atoms with Gasteiger partial charge in [-0.25, -0.2) is 12.1 Å². The zero-order valence-corrected chi connectivity index (χ0v) is 16.4. The number of halogens is 6. The third-order valence-corrected chi connectivity index (χ3v) is 4.36. The Morgan fingerprint density at radius 2 is 1.65 bits per heavy atom. The molecule has 0 nitrogen and oxygen atoms in total. The minimum atomic E-state index is -0.997. The monoisotopic (exact) mass is 476 g/mol. The summed E-state index contributed by atoms with van der Waals surface area (Å²) in [5.41, 5.74) is 0. The molecule has 1 aromatic carbocycles. The van der Waals surface area contributed by atoms with Crippen molar-refractivity contribution >= 4 is 46.4 Å². The van der Waals surface area contributed by atoms with Gasteiger partial charge in [0.15, 0.2) is 0 Å². The maximum atomic E-state index is 5.73. The Balaban J connectivity index is -0.000000216. The van der Waals surface area contributed by atoms with E-state index in [9.17, 15) is 0 Å². The molecule has 0 spiro atoms. The maximum absolute atomic E-state index is 5.73. The minimum absolute atomic E-state index is 0. The second-order valence-electron chi connectivity index (χ2n) is 3.00. The molecule has 1 aliphatic carbocycles. The molecular formula is C10H10Br2Cl4Ti. The van der Waals surface area contributed by atoms with Crippen LogP contribution in [-0.2, 0) is 21.7 Å². The first kappa shape index (κ1) is 24.2. The first-order chi connectivity index (χ1) is 6.55. The van der Waals surface area contributed by atoms with Crippen LogP contribution in [0.25, 0.3) is 0 Å². The van der Waals surface area contributed by atoms with Gasteiger partial charge in [0.25, 0.3) is 0 Å². The van der Waals surface area contributed by atoms with Crippen molar-refractivity contribution in [2.24, 2.45) is 0 Å². The van der Waals surface area contributed by atoms with Crippen LogP contribution in [0.2, 0.25) is 0 Å². The van der Waals surface area contributed by atoms with Gasteiger partial charge >= 0.3 is 21.7 Å². The number of alkyl halides is 3. The molecule has 96 valence electrons. The van der Waals surface area contributed by atoms with E-state index in [-0.39, 0.29) is 61.1 Å². The average molecular weight is 480 g/mol. The molecule has 0 heterocycles. The van der Waals surface area contributed by atoms with Gasteiger partial charge in [-0.1, -0.05) is 6.42 Å². The molecule has 2 rings (SSSR count). The smallest absolute Gasteiger partial charge is 1.00 e. The van der Waals surface area contributed by atoms with Crippen LogP contribution in [0.5, 0.6) is 0 Å². The molecule has 0 radical (unpaired) electrons.